The van der Waals surface area contributed by atoms with Gasteiger partial charge < -0.3 is 26.6 Å². The number of carbonyl (C=O) groups is 2. The van der Waals surface area contributed by atoms with Crippen molar-refractivity contribution in [3.63, 3.8) is 0 Å². The number of amides is 2. The molecule has 0 fully saturated rings. The molecule has 0 atom stereocenters. The molecule has 0 radical (unpaired) electrons. The van der Waals surface area contributed by atoms with Crippen LogP contribution in [-0.4, -0.2) is 64.2 Å². The van der Waals surface area contributed by atoms with E-state index >= 15 is 0 Å². The van der Waals surface area contributed by atoms with E-state index in [-0.39, 0.29) is 11.8 Å². The summed E-state index contributed by atoms with van der Waals surface area (Å²) in [6, 6.07) is 0. The lowest BCUT2D eigenvalue weighted by Gasteiger charge is -2.09. The van der Waals surface area contributed by atoms with Crippen LogP contribution in [0.1, 0.15) is 142 Å². The van der Waals surface area contributed by atoms with Crippen molar-refractivity contribution in [2.75, 3.05) is 52.4 Å². The van der Waals surface area contributed by atoms with Crippen molar-refractivity contribution in [1.82, 2.24) is 26.6 Å². The number of rotatable bonds is 38. The molecule has 0 aliphatic heterocycles. The molecule has 0 rings (SSSR count). The van der Waals surface area contributed by atoms with E-state index in [0.29, 0.717) is 25.9 Å². The van der Waals surface area contributed by atoms with E-state index in [2.05, 4.69) is 113 Å². The first kappa shape index (κ1) is 48.3. The van der Waals surface area contributed by atoms with Gasteiger partial charge in [-0.1, -0.05) is 125 Å². The van der Waals surface area contributed by atoms with Gasteiger partial charge in [0.25, 0.3) is 0 Å². The lowest BCUT2D eigenvalue weighted by atomic mass is 10.1. The molecule has 292 valence electrons. The summed E-state index contributed by atoms with van der Waals surface area (Å²) in [6.45, 7) is 10.8. The first-order valence-electron chi connectivity index (χ1n) is 20.8. The minimum atomic E-state index is 0.165. The first-order valence-corrected chi connectivity index (χ1v) is 20.8. The second kappa shape index (κ2) is 43.4. The summed E-state index contributed by atoms with van der Waals surface area (Å²) in [5.41, 5.74) is 0. The minimum Gasteiger partial charge on any atom is -0.355 e. The van der Waals surface area contributed by atoms with Gasteiger partial charge in [0.05, 0.1) is 0 Å². The standard InChI is InChI=1S/C44H79N5O2/c1-3-5-7-9-11-13-15-17-19-21-23-25-27-29-31-33-43(50)48-41-39-46-37-35-45-36-38-47-40-42-49-44(51)34-32-30-28-26-24-22-20-18-16-14-12-10-8-6-4-2/h5-8,11-14,17-20,45-47H,3-4,9-10,15-16,21-42H2,1-2H3,(H,48,50)(H,49,51)/b7-5+,8-6+,13-11+,14-12+,19-17+,20-18+. The zero-order valence-electron chi connectivity index (χ0n) is 33.0. The molecule has 0 bridgehead atoms. The third kappa shape index (κ3) is 43.3. The van der Waals surface area contributed by atoms with Crippen LogP contribution in [0.15, 0.2) is 72.9 Å². The van der Waals surface area contributed by atoms with Gasteiger partial charge in [-0.05, 0) is 77.0 Å². The smallest absolute Gasteiger partial charge is 0.220 e. The molecule has 0 saturated heterocycles. The molecule has 0 unspecified atom stereocenters. The molecule has 7 heteroatoms. The Bertz CT molecular complexity index is 864. The first-order chi connectivity index (χ1) is 25.2. The van der Waals surface area contributed by atoms with Gasteiger partial charge in [0.15, 0.2) is 0 Å². The Morgan fingerprint density at radius 1 is 0.353 bits per heavy atom. The number of unbranched alkanes of at least 4 members (excludes halogenated alkanes) is 10. The van der Waals surface area contributed by atoms with E-state index in [1.165, 1.54) is 38.5 Å². The third-order valence-electron chi connectivity index (χ3n) is 8.31. The van der Waals surface area contributed by atoms with Crippen molar-refractivity contribution in [2.45, 2.75) is 142 Å². The molecule has 0 aromatic carbocycles. The van der Waals surface area contributed by atoms with Gasteiger partial charge in [-0.3, -0.25) is 9.59 Å². The zero-order chi connectivity index (χ0) is 37.0. The third-order valence-corrected chi connectivity index (χ3v) is 8.31. The average Bonchev–Trinajstić information content (AvgIpc) is 3.13. The van der Waals surface area contributed by atoms with Crippen LogP contribution in [0.4, 0.5) is 0 Å². The lowest BCUT2D eigenvalue weighted by molar-refractivity contribution is -0.122. The van der Waals surface area contributed by atoms with Crippen LogP contribution in [0.25, 0.3) is 0 Å². The van der Waals surface area contributed by atoms with Crippen LogP contribution in [0.3, 0.4) is 0 Å². The van der Waals surface area contributed by atoms with Crippen LogP contribution in [0.5, 0.6) is 0 Å². The van der Waals surface area contributed by atoms with E-state index in [0.717, 1.165) is 116 Å². The Morgan fingerprint density at radius 2 is 0.647 bits per heavy atom. The molecule has 2 amide bonds. The highest BCUT2D eigenvalue weighted by molar-refractivity contribution is 5.76. The molecule has 7 nitrogen and oxygen atoms in total. The van der Waals surface area contributed by atoms with Gasteiger partial charge in [0, 0.05) is 65.2 Å². The van der Waals surface area contributed by atoms with Gasteiger partial charge >= 0.3 is 0 Å². The highest BCUT2D eigenvalue weighted by Gasteiger charge is 2.01. The SMILES string of the molecule is CC/C=C/C/C=C/C/C=C/CCCCCCCC(=O)NCCNCCNCCNCCNC(=O)CCCCCCC/C=C/C/C=C/C/C=C/CC. The monoisotopic (exact) mass is 710 g/mol. The summed E-state index contributed by atoms with van der Waals surface area (Å²) in [4.78, 5) is 24.1. The average molecular weight is 710 g/mol. The topological polar surface area (TPSA) is 94.3 Å². The second-order valence-corrected chi connectivity index (χ2v) is 13.2. The van der Waals surface area contributed by atoms with E-state index in [4.69, 9.17) is 0 Å². The zero-order valence-corrected chi connectivity index (χ0v) is 33.0. The van der Waals surface area contributed by atoms with Crippen molar-refractivity contribution in [2.24, 2.45) is 0 Å². The second-order valence-electron chi connectivity index (χ2n) is 13.2. The fraction of sp³-hybridized carbons (Fsp3) is 0.682. The highest BCUT2D eigenvalue weighted by Crippen LogP contribution is 2.09. The van der Waals surface area contributed by atoms with Gasteiger partial charge in [0.1, 0.15) is 0 Å². The van der Waals surface area contributed by atoms with E-state index in [9.17, 15) is 9.59 Å². The lowest BCUT2D eigenvalue weighted by Crippen LogP contribution is -2.37. The molecule has 0 aliphatic carbocycles. The van der Waals surface area contributed by atoms with Crippen LogP contribution in [0.2, 0.25) is 0 Å². The van der Waals surface area contributed by atoms with Crippen LogP contribution in [-0.2, 0) is 9.59 Å². The quantitative estimate of drug-likeness (QED) is 0.0326. The highest BCUT2D eigenvalue weighted by atomic mass is 16.2. The number of hydrogen-bond acceptors (Lipinski definition) is 5. The predicted molar refractivity (Wildman–Crippen MR) is 223 cm³/mol. The summed E-state index contributed by atoms with van der Waals surface area (Å²) in [5, 5.41) is 16.2. The Balaban J connectivity index is 3.32. The molecule has 0 heterocycles. The molecule has 0 aliphatic rings. The van der Waals surface area contributed by atoms with Gasteiger partial charge in [-0.25, -0.2) is 0 Å². The minimum absolute atomic E-state index is 0.165. The Morgan fingerprint density at radius 3 is 1.02 bits per heavy atom. The molecular formula is C44H79N5O2. The Labute approximate surface area is 314 Å². The Kier molecular flexibility index (Phi) is 41.1. The van der Waals surface area contributed by atoms with Crippen molar-refractivity contribution in [3.05, 3.63) is 72.9 Å². The van der Waals surface area contributed by atoms with Crippen molar-refractivity contribution in [3.8, 4) is 0 Å². The summed E-state index contributed by atoms with van der Waals surface area (Å²) < 4.78 is 0. The Hall–Kier alpha value is -2.74. The summed E-state index contributed by atoms with van der Waals surface area (Å²) >= 11 is 0. The van der Waals surface area contributed by atoms with E-state index < -0.39 is 0 Å². The molecular weight excluding hydrogens is 631 g/mol. The summed E-state index contributed by atoms with van der Waals surface area (Å²) in [5.74, 6) is 0.331. The van der Waals surface area contributed by atoms with Crippen LogP contribution in [0, 0.1) is 0 Å². The maximum absolute atomic E-state index is 12.0. The van der Waals surface area contributed by atoms with Crippen molar-refractivity contribution in [1.29, 1.82) is 0 Å². The molecule has 5 N–H and O–H groups in total. The van der Waals surface area contributed by atoms with Crippen LogP contribution < -0.4 is 26.6 Å². The van der Waals surface area contributed by atoms with Gasteiger partial charge in [0.2, 0.25) is 11.8 Å². The summed E-state index contributed by atoms with van der Waals surface area (Å²) in [7, 11) is 0. The maximum atomic E-state index is 12.0. The normalized spacial score (nSPS) is 12.3. The fourth-order valence-electron chi connectivity index (χ4n) is 5.30. The van der Waals surface area contributed by atoms with Crippen molar-refractivity contribution >= 4 is 11.8 Å². The molecule has 0 spiro atoms. The predicted octanol–water partition coefficient (Wildman–Crippen LogP) is 9.17. The van der Waals surface area contributed by atoms with E-state index in [1.807, 2.05) is 0 Å². The van der Waals surface area contributed by atoms with E-state index in [1.54, 1.807) is 0 Å². The largest absolute Gasteiger partial charge is 0.355 e. The molecule has 0 aromatic rings. The fourth-order valence-corrected chi connectivity index (χ4v) is 5.30. The van der Waals surface area contributed by atoms with Crippen LogP contribution >= 0.6 is 0 Å². The number of hydrogen-bond donors (Lipinski definition) is 5. The van der Waals surface area contributed by atoms with Gasteiger partial charge in [-0.15, -0.1) is 0 Å². The van der Waals surface area contributed by atoms with Gasteiger partial charge in [-0.2, -0.15) is 0 Å². The molecule has 0 aromatic heterocycles. The maximum Gasteiger partial charge on any atom is 0.220 e. The number of carbonyl (C=O) groups excluding carboxylic acids is 2. The summed E-state index contributed by atoms with van der Waals surface area (Å²) in [6.07, 6.45) is 48.4. The molecule has 51 heavy (non-hydrogen) atoms. The van der Waals surface area contributed by atoms with Crippen molar-refractivity contribution < 1.29 is 9.59 Å². The number of nitrogens with one attached hydrogen (secondary N) is 5. The molecule has 0 saturated carbocycles. The number of allylic oxidation sites excluding steroid dienone is 12.